The molecule has 1 aromatic carbocycles. The van der Waals surface area contributed by atoms with E-state index >= 15 is 0 Å². The lowest BCUT2D eigenvalue weighted by molar-refractivity contribution is -0.0905. The molecule has 0 saturated carbocycles. The summed E-state index contributed by atoms with van der Waals surface area (Å²) in [5.41, 5.74) is 3.89. The lowest BCUT2D eigenvalue weighted by Crippen LogP contribution is -2.48. The van der Waals surface area contributed by atoms with E-state index in [0.717, 1.165) is 24.8 Å². The molecule has 100 valence electrons. The molecule has 3 nitrogen and oxygen atoms in total. The summed E-state index contributed by atoms with van der Waals surface area (Å²) in [6.45, 7) is 4.65. The van der Waals surface area contributed by atoms with Crippen LogP contribution in [0.25, 0.3) is 0 Å². The third-order valence-electron chi connectivity index (χ3n) is 3.74. The lowest BCUT2D eigenvalue weighted by atomic mass is 9.84. The predicted octanol–water partition coefficient (Wildman–Crippen LogP) is 2.60. The van der Waals surface area contributed by atoms with Gasteiger partial charge in [0.2, 0.25) is 0 Å². The Kier molecular flexibility index (Phi) is 4.00. The maximum absolute atomic E-state index is 14.0. The highest BCUT2D eigenvalue weighted by atomic mass is 19.1. The van der Waals surface area contributed by atoms with E-state index in [2.05, 4.69) is 5.43 Å². The molecule has 0 aromatic heterocycles. The first-order chi connectivity index (χ1) is 8.57. The van der Waals surface area contributed by atoms with Crippen molar-refractivity contribution in [3.8, 4) is 0 Å². The summed E-state index contributed by atoms with van der Waals surface area (Å²) in [6, 6.07) is 4.76. The molecule has 18 heavy (non-hydrogen) atoms. The number of benzene rings is 1. The standard InChI is InChI=1S/C14H21FN2O/c1-10-5-6-12(15)11(9-10)13(17-16)14(2)7-3-4-8-18-14/h5-6,9,13,17H,3-4,7-8,16H2,1-2H3. The molecule has 1 aromatic rings. The number of halogens is 1. The summed E-state index contributed by atoms with van der Waals surface area (Å²) in [5.74, 6) is 5.41. The van der Waals surface area contributed by atoms with Crippen LogP contribution in [0.1, 0.15) is 43.4 Å². The Morgan fingerprint density at radius 1 is 1.44 bits per heavy atom. The Hall–Kier alpha value is -0.970. The Morgan fingerprint density at radius 2 is 2.22 bits per heavy atom. The van der Waals surface area contributed by atoms with Gasteiger partial charge in [-0.1, -0.05) is 17.7 Å². The minimum absolute atomic E-state index is 0.237. The van der Waals surface area contributed by atoms with Crippen LogP contribution in [0.3, 0.4) is 0 Å². The smallest absolute Gasteiger partial charge is 0.128 e. The monoisotopic (exact) mass is 252 g/mol. The fourth-order valence-corrected chi connectivity index (χ4v) is 2.66. The molecule has 2 atom stereocenters. The molecule has 1 aliphatic rings. The normalized spacial score (nSPS) is 26.0. The van der Waals surface area contributed by atoms with Crippen molar-refractivity contribution < 1.29 is 9.13 Å². The number of nitrogens with one attached hydrogen (secondary N) is 1. The summed E-state index contributed by atoms with van der Waals surface area (Å²) in [5, 5.41) is 0. The van der Waals surface area contributed by atoms with Crippen LogP contribution < -0.4 is 11.3 Å². The third-order valence-corrected chi connectivity index (χ3v) is 3.74. The summed E-state index contributed by atoms with van der Waals surface area (Å²) in [6.07, 6.45) is 3.03. The summed E-state index contributed by atoms with van der Waals surface area (Å²) < 4.78 is 19.8. The summed E-state index contributed by atoms with van der Waals surface area (Å²) in [7, 11) is 0. The number of hydrogen-bond donors (Lipinski definition) is 2. The summed E-state index contributed by atoms with van der Waals surface area (Å²) in [4.78, 5) is 0. The van der Waals surface area contributed by atoms with Crippen molar-refractivity contribution in [2.75, 3.05) is 6.61 Å². The van der Waals surface area contributed by atoms with Crippen LogP contribution in [-0.2, 0) is 4.74 Å². The Labute approximate surface area is 107 Å². The molecule has 2 rings (SSSR count). The van der Waals surface area contributed by atoms with Gasteiger partial charge in [-0.15, -0.1) is 0 Å². The van der Waals surface area contributed by atoms with E-state index < -0.39 is 5.60 Å². The number of aryl methyl sites for hydroxylation is 1. The minimum atomic E-state index is -0.443. The third kappa shape index (κ3) is 2.55. The van der Waals surface area contributed by atoms with Crippen molar-refractivity contribution in [1.82, 2.24) is 5.43 Å². The van der Waals surface area contributed by atoms with Gasteiger partial charge in [0.05, 0.1) is 11.6 Å². The molecule has 4 heteroatoms. The molecule has 0 radical (unpaired) electrons. The van der Waals surface area contributed by atoms with Gasteiger partial charge in [-0.2, -0.15) is 0 Å². The number of hydrazine groups is 1. The zero-order valence-corrected chi connectivity index (χ0v) is 11.0. The largest absolute Gasteiger partial charge is 0.373 e. The van der Waals surface area contributed by atoms with Crippen LogP contribution in [0.5, 0.6) is 0 Å². The SMILES string of the molecule is Cc1ccc(F)c(C(NN)C2(C)CCCCO2)c1. The van der Waals surface area contributed by atoms with Gasteiger partial charge in [0.15, 0.2) is 0 Å². The van der Waals surface area contributed by atoms with Crippen LogP contribution in [0.4, 0.5) is 4.39 Å². The van der Waals surface area contributed by atoms with E-state index in [9.17, 15) is 4.39 Å². The Morgan fingerprint density at radius 3 is 2.83 bits per heavy atom. The second-order valence-corrected chi connectivity index (χ2v) is 5.24. The van der Waals surface area contributed by atoms with Gasteiger partial charge in [-0.25, -0.2) is 9.82 Å². The first kappa shape index (κ1) is 13.5. The van der Waals surface area contributed by atoms with Crippen molar-refractivity contribution >= 4 is 0 Å². The zero-order valence-electron chi connectivity index (χ0n) is 11.0. The van der Waals surface area contributed by atoms with Crippen LogP contribution in [0.15, 0.2) is 18.2 Å². The van der Waals surface area contributed by atoms with Gasteiger partial charge >= 0.3 is 0 Å². The molecule has 1 aliphatic heterocycles. The number of rotatable bonds is 3. The average molecular weight is 252 g/mol. The van der Waals surface area contributed by atoms with E-state index in [1.54, 1.807) is 6.07 Å². The van der Waals surface area contributed by atoms with Crippen LogP contribution >= 0.6 is 0 Å². The Balaban J connectivity index is 2.35. The maximum atomic E-state index is 14.0. The molecular formula is C14H21FN2O. The van der Waals surface area contributed by atoms with E-state index in [0.29, 0.717) is 12.2 Å². The molecular weight excluding hydrogens is 231 g/mol. The first-order valence-electron chi connectivity index (χ1n) is 6.43. The van der Waals surface area contributed by atoms with Crippen molar-refractivity contribution in [2.24, 2.45) is 5.84 Å². The molecule has 0 spiro atoms. The van der Waals surface area contributed by atoms with E-state index in [-0.39, 0.29) is 11.9 Å². The van der Waals surface area contributed by atoms with Gasteiger partial charge in [0.1, 0.15) is 5.82 Å². The molecule has 0 bridgehead atoms. The van der Waals surface area contributed by atoms with E-state index in [1.165, 1.54) is 6.07 Å². The molecule has 3 N–H and O–H groups in total. The maximum Gasteiger partial charge on any atom is 0.128 e. The average Bonchev–Trinajstić information content (AvgIpc) is 2.35. The summed E-state index contributed by atoms with van der Waals surface area (Å²) >= 11 is 0. The van der Waals surface area contributed by atoms with Crippen molar-refractivity contribution in [3.63, 3.8) is 0 Å². The second-order valence-electron chi connectivity index (χ2n) is 5.24. The van der Waals surface area contributed by atoms with Crippen molar-refractivity contribution in [2.45, 2.75) is 44.8 Å². The van der Waals surface area contributed by atoms with Crippen molar-refractivity contribution in [3.05, 3.63) is 35.1 Å². The lowest BCUT2D eigenvalue weighted by Gasteiger charge is -2.40. The first-order valence-corrected chi connectivity index (χ1v) is 6.43. The van der Waals surface area contributed by atoms with Crippen LogP contribution in [0, 0.1) is 12.7 Å². The fourth-order valence-electron chi connectivity index (χ4n) is 2.66. The molecule has 1 fully saturated rings. The fraction of sp³-hybridized carbons (Fsp3) is 0.571. The van der Waals surface area contributed by atoms with E-state index in [4.69, 9.17) is 10.6 Å². The highest BCUT2D eigenvalue weighted by molar-refractivity contribution is 5.29. The predicted molar refractivity (Wildman–Crippen MR) is 69.4 cm³/mol. The quantitative estimate of drug-likeness (QED) is 0.642. The van der Waals surface area contributed by atoms with Crippen LogP contribution in [0.2, 0.25) is 0 Å². The van der Waals surface area contributed by atoms with Crippen molar-refractivity contribution in [1.29, 1.82) is 0 Å². The molecule has 0 aliphatic carbocycles. The topological polar surface area (TPSA) is 47.3 Å². The number of nitrogens with two attached hydrogens (primary N) is 1. The molecule has 0 amide bonds. The number of hydrogen-bond acceptors (Lipinski definition) is 3. The van der Waals surface area contributed by atoms with Gasteiger partial charge in [-0.05, 0) is 39.2 Å². The van der Waals surface area contributed by atoms with E-state index in [1.807, 2.05) is 19.9 Å². The molecule has 1 heterocycles. The van der Waals surface area contributed by atoms with Gasteiger partial charge < -0.3 is 4.74 Å². The molecule has 2 unspecified atom stereocenters. The Bertz CT molecular complexity index is 416. The highest BCUT2D eigenvalue weighted by Gasteiger charge is 2.38. The van der Waals surface area contributed by atoms with Crippen LogP contribution in [-0.4, -0.2) is 12.2 Å². The zero-order chi connectivity index (χ0) is 13.2. The second kappa shape index (κ2) is 5.34. The number of ether oxygens (including phenoxy) is 1. The minimum Gasteiger partial charge on any atom is -0.373 e. The van der Waals surface area contributed by atoms with Gasteiger partial charge in [-0.3, -0.25) is 5.84 Å². The molecule has 1 saturated heterocycles. The van der Waals surface area contributed by atoms with Gasteiger partial charge in [0.25, 0.3) is 0 Å². The highest BCUT2D eigenvalue weighted by Crippen LogP contribution is 2.37. The van der Waals surface area contributed by atoms with Gasteiger partial charge in [0, 0.05) is 12.2 Å².